The molecule has 7 nitrogen and oxygen atoms in total. The molecule has 9 heteroatoms. The van der Waals surface area contributed by atoms with Gasteiger partial charge >= 0.3 is 0 Å². The third-order valence-corrected chi connectivity index (χ3v) is 6.31. The fraction of sp³-hybridized carbons (Fsp3) is 0.333. The topological polar surface area (TPSA) is 80.1 Å². The van der Waals surface area contributed by atoms with Crippen LogP contribution in [0.1, 0.15) is 5.56 Å². The lowest BCUT2D eigenvalue weighted by atomic mass is 10.2. The summed E-state index contributed by atoms with van der Waals surface area (Å²) in [5.41, 5.74) is 1.99. The minimum absolute atomic E-state index is 0.0801. The number of anilines is 2. The second-order valence-corrected chi connectivity index (χ2v) is 8.55. The van der Waals surface area contributed by atoms with Crippen molar-refractivity contribution in [1.29, 1.82) is 0 Å². The highest BCUT2D eigenvalue weighted by Gasteiger charge is 2.18. The summed E-state index contributed by atoms with van der Waals surface area (Å²) in [6, 6.07) is 7.54. The molecule has 1 aliphatic rings. The van der Waals surface area contributed by atoms with E-state index in [1.54, 1.807) is 0 Å². The lowest BCUT2D eigenvalue weighted by Crippen LogP contribution is -2.32. The number of thiazole rings is 1. The number of carbonyl (C=O) groups is 1. The number of fused-ring (bicyclic) bond motifs is 1. The predicted molar refractivity (Wildman–Crippen MR) is 111 cm³/mol. The second kappa shape index (κ2) is 7.69. The fourth-order valence-corrected chi connectivity index (χ4v) is 4.84. The van der Waals surface area contributed by atoms with Gasteiger partial charge in [0, 0.05) is 30.3 Å². The van der Waals surface area contributed by atoms with Gasteiger partial charge in [0.1, 0.15) is 17.6 Å². The summed E-state index contributed by atoms with van der Waals surface area (Å²) >= 11 is 3.28. The van der Waals surface area contributed by atoms with Gasteiger partial charge in [0.2, 0.25) is 5.91 Å². The van der Waals surface area contributed by atoms with Gasteiger partial charge in [0.15, 0.2) is 10.8 Å². The molecule has 1 aliphatic heterocycles. The molecular formula is C18H19N5O2S2. The quantitative estimate of drug-likeness (QED) is 0.723. The standard InChI is InChI=1S/C18H19N5O2S2/c1-12-3-2-4-13(9-12)20-14(24)10-23-11-19-16-15(17(23)25)27-18(21-16)22-5-7-26-8-6-22/h2-4,9,11H,5-8,10H2,1H3,(H,20,24). The summed E-state index contributed by atoms with van der Waals surface area (Å²) in [7, 11) is 0. The van der Waals surface area contributed by atoms with Crippen molar-refractivity contribution in [3.63, 3.8) is 0 Å². The van der Waals surface area contributed by atoms with E-state index in [1.807, 2.05) is 43.0 Å². The van der Waals surface area contributed by atoms with Crippen LogP contribution in [0.2, 0.25) is 0 Å². The highest BCUT2D eigenvalue weighted by molar-refractivity contribution is 7.99. The zero-order valence-corrected chi connectivity index (χ0v) is 16.5. The summed E-state index contributed by atoms with van der Waals surface area (Å²) in [5, 5.41) is 3.64. The molecule has 3 heterocycles. The zero-order chi connectivity index (χ0) is 18.8. The van der Waals surface area contributed by atoms with E-state index in [0.29, 0.717) is 16.0 Å². The lowest BCUT2D eigenvalue weighted by Gasteiger charge is -2.25. The largest absolute Gasteiger partial charge is 0.346 e. The second-order valence-electron chi connectivity index (χ2n) is 6.34. The third-order valence-electron chi connectivity index (χ3n) is 4.27. The molecular weight excluding hydrogens is 382 g/mol. The van der Waals surface area contributed by atoms with Gasteiger partial charge < -0.3 is 10.2 Å². The van der Waals surface area contributed by atoms with Crippen LogP contribution in [-0.4, -0.2) is 45.0 Å². The molecule has 27 heavy (non-hydrogen) atoms. The molecule has 0 radical (unpaired) electrons. The molecule has 1 fully saturated rings. The Hall–Kier alpha value is -2.39. The van der Waals surface area contributed by atoms with Crippen molar-refractivity contribution in [2.75, 3.05) is 34.8 Å². The van der Waals surface area contributed by atoms with Crippen LogP contribution in [-0.2, 0) is 11.3 Å². The number of hydrogen-bond acceptors (Lipinski definition) is 7. The van der Waals surface area contributed by atoms with Crippen molar-refractivity contribution in [3.05, 3.63) is 46.5 Å². The number of amides is 1. The molecule has 0 bridgehead atoms. The number of benzene rings is 1. The molecule has 3 aromatic rings. The number of nitrogens with zero attached hydrogens (tertiary/aromatic N) is 4. The van der Waals surface area contributed by atoms with Crippen LogP contribution >= 0.6 is 23.1 Å². The number of thioether (sulfide) groups is 1. The smallest absolute Gasteiger partial charge is 0.273 e. The molecule has 0 atom stereocenters. The van der Waals surface area contributed by atoms with E-state index in [0.717, 1.165) is 35.3 Å². The van der Waals surface area contributed by atoms with Crippen molar-refractivity contribution in [2.24, 2.45) is 0 Å². The van der Waals surface area contributed by atoms with Gasteiger partial charge in [0.05, 0.1) is 0 Å². The Morgan fingerprint density at radius 3 is 2.89 bits per heavy atom. The summed E-state index contributed by atoms with van der Waals surface area (Å²) in [5.74, 6) is 1.86. The maximum absolute atomic E-state index is 12.8. The Labute approximate surface area is 164 Å². The normalized spacial score (nSPS) is 14.5. The van der Waals surface area contributed by atoms with Crippen molar-refractivity contribution in [2.45, 2.75) is 13.5 Å². The van der Waals surface area contributed by atoms with Gasteiger partial charge in [-0.3, -0.25) is 14.2 Å². The van der Waals surface area contributed by atoms with Crippen LogP contribution in [0.15, 0.2) is 35.4 Å². The Bertz CT molecular complexity index is 1040. The maximum atomic E-state index is 12.8. The van der Waals surface area contributed by atoms with E-state index in [1.165, 1.54) is 22.2 Å². The fourth-order valence-electron chi connectivity index (χ4n) is 2.92. The predicted octanol–water partition coefficient (Wildman–Crippen LogP) is 2.35. The third kappa shape index (κ3) is 3.98. The van der Waals surface area contributed by atoms with Crippen molar-refractivity contribution >= 4 is 50.2 Å². The Morgan fingerprint density at radius 2 is 2.11 bits per heavy atom. The molecule has 0 unspecified atom stereocenters. The first-order valence-corrected chi connectivity index (χ1v) is 10.6. The van der Waals surface area contributed by atoms with Crippen LogP contribution in [0.5, 0.6) is 0 Å². The van der Waals surface area contributed by atoms with Crippen molar-refractivity contribution in [1.82, 2.24) is 14.5 Å². The van der Waals surface area contributed by atoms with Crippen molar-refractivity contribution in [3.8, 4) is 0 Å². The van der Waals surface area contributed by atoms with Gasteiger partial charge in [-0.05, 0) is 24.6 Å². The monoisotopic (exact) mass is 401 g/mol. The molecule has 140 valence electrons. The molecule has 0 spiro atoms. The first kappa shape index (κ1) is 18.0. The Balaban J connectivity index is 1.54. The molecule has 2 aromatic heterocycles. The molecule has 1 saturated heterocycles. The Kier molecular flexibility index (Phi) is 5.13. The highest BCUT2D eigenvalue weighted by atomic mass is 32.2. The summed E-state index contributed by atoms with van der Waals surface area (Å²) in [4.78, 5) is 36.0. The minimum atomic E-state index is -0.262. The number of rotatable bonds is 4. The summed E-state index contributed by atoms with van der Waals surface area (Å²) in [6.45, 7) is 3.73. The zero-order valence-electron chi connectivity index (χ0n) is 14.8. The van der Waals surface area contributed by atoms with Crippen LogP contribution in [0.4, 0.5) is 10.8 Å². The highest BCUT2D eigenvalue weighted by Crippen LogP contribution is 2.27. The van der Waals surface area contributed by atoms with Gasteiger partial charge in [-0.2, -0.15) is 16.7 Å². The number of nitrogens with one attached hydrogen (secondary N) is 1. The van der Waals surface area contributed by atoms with E-state index in [2.05, 4.69) is 20.2 Å². The Morgan fingerprint density at radius 1 is 1.30 bits per heavy atom. The molecule has 4 rings (SSSR count). The van der Waals surface area contributed by atoms with Gasteiger partial charge in [-0.15, -0.1) is 0 Å². The molecule has 0 aliphatic carbocycles. The van der Waals surface area contributed by atoms with Crippen LogP contribution in [0.25, 0.3) is 10.3 Å². The first-order valence-electron chi connectivity index (χ1n) is 8.65. The minimum Gasteiger partial charge on any atom is -0.346 e. The van der Waals surface area contributed by atoms with E-state index in [9.17, 15) is 9.59 Å². The van der Waals surface area contributed by atoms with E-state index >= 15 is 0 Å². The van der Waals surface area contributed by atoms with Gasteiger partial charge in [-0.25, -0.2) is 4.98 Å². The van der Waals surface area contributed by atoms with Gasteiger partial charge in [0.25, 0.3) is 5.56 Å². The van der Waals surface area contributed by atoms with Crippen LogP contribution in [0.3, 0.4) is 0 Å². The number of hydrogen-bond donors (Lipinski definition) is 1. The maximum Gasteiger partial charge on any atom is 0.273 e. The van der Waals surface area contributed by atoms with E-state index in [4.69, 9.17) is 0 Å². The van der Waals surface area contributed by atoms with Gasteiger partial charge in [-0.1, -0.05) is 23.5 Å². The van der Waals surface area contributed by atoms with Crippen molar-refractivity contribution < 1.29 is 4.79 Å². The molecule has 1 N–H and O–H groups in total. The molecule has 0 saturated carbocycles. The number of carbonyl (C=O) groups excluding carboxylic acids is 1. The SMILES string of the molecule is Cc1cccc(NC(=O)Cn2cnc3nc(N4CCSCC4)sc3c2=O)c1. The summed E-state index contributed by atoms with van der Waals surface area (Å²) in [6.07, 6.45) is 1.40. The average Bonchev–Trinajstić information content (AvgIpc) is 3.10. The average molecular weight is 402 g/mol. The first-order chi connectivity index (χ1) is 13.1. The van der Waals surface area contributed by atoms with E-state index < -0.39 is 0 Å². The van der Waals surface area contributed by atoms with Crippen LogP contribution in [0, 0.1) is 6.92 Å². The lowest BCUT2D eigenvalue weighted by molar-refractivity contribution is -0.116. The molecule has 1 amide bonds. The van der Waals surface area contributed by atoms with Crippen LogP contribution < -0.4 is 15.8 Å². The van der Waals surface area contributed by atoms with E-state index in [-0.39, 0.29) is 18.0 Å². The number of aryl methyl sites for hydroxylation is 1. The number of aromatic nitrogens is 3. The summed E-state index contributed by atoms with van der Waals surface area (Å²) < 4.78 is 1.83. The molecule has 1 aromatic carbocycles.